The first-order chi connectivity index (χ1) is 10.5. The number of aliphatic carboxylic acids is 1. The molecule has 1 aliphatic rings. The minimum Gasteiger partial charge on any atom is -0.480 e. The molecular formula is C16H28N2O5. The number of carboxylic acid groups (broad SMARTS) is 1. The van der Waals surface area contributed by atoms with Crippen LogP contribution in [0.15, 0.2) is 0 Å². The number of nitrogens with zero attached hydrogens (tertiary/aromatic N) is 1. The number of hydrogen-bond acceptors (Lipinski definition) is 4. The molecule has 1 aliphatic heterocycles. The lowest BCUT2D eigenvalue weighted by molar-refractivity contribution is -0.143. The highest BCUT2D eigenvalue weighted by atomic mass is 16.6. The zero-order valence-corrected chi connectivity index (χ0v) is 14.6. The lowest BCUT2D eigenvalue weighted by Crippen LogP contribution is -2.51. The second-order valence-electron chi connectivity index (χ2n) is 7.36. The predicted octanol–water partition coefficient (Wildman–Crippen LogP) is 2.00. The van der Waals surface area contributed by atoms with Crippen LogP contribution in [0.25, 0.3) is 0 Å². The van der Waals surface area contributed by atoms with E-state index in [9.17, 15) is 19.5 Å². The maximum Gasteiger partial charge on any atom is 0.410 e. The zero-order valence-electron chi connectivity index (χ0n) is 14.6. The number of hydrogen-bond donors (Lipinski definition) is 2. The van der Waals surface area contributed by atoms with Crippen molar-refractivity contribution in [2.75, 3.05) is 6.54 Å². The number of likely N-dealkylation sites (tertiary alicyclic amines) is 1. The van der Waals surface area contributed by atoms with Gasteiger partial charge in [-0.3, -0.25) is 9.69 Å². The molecule has 2 amide bonds. The average molecular weight is 328 g/mol. The van der Waals surface area contributed by atoms with Crippen molar-refractivity contribution in [2.45, 2.75) is 71.6 Å². The van der Waals surface area contributed by atoms with Crippen molar-refractivity contribution in [3.8, 4) is 0 Å². The molecule has 2 unspecified atom stereocenters. The van der Waals surface area contributed by atoms with Gasteiger partial charge < -0.3 is 15.2 Å². The molecule has 7 heteroatoms. The number of carbonyl (C=O) groups is 3. The Balaban J connectivity index is 2.73. The van der Waals surface area contributed by atoms with Crippen molar-refractivity contribution < 1.29 is 24.2 Å². The van der Waals surface area contributed by atoms with E-state index in [4.69, 9.17) is 4.74 Å². The molecule has 7 nitrogen and oxygen atoms in total. The van der Waals surface area contributed by atoms with Crippen molar-refractivity contribution in [1.29, 1.82) is 0 Å². The SMILES string of the molecule is CC(C)CC(NC(=O)C1CCCN1C(=O)OC(C)(C)C)C(=O)O. The minimum atomic E-state index is -1.06. The summed E-state index contributed by atoms with van der Waals surface area (Å²) in [5, 5.41) is 11.8. The van der Waals surface area contributed by atoms with Crippen LogP contribution in [0.3, 0.4) is 0 Å². The van der Waals surface area contributed by atoms with Crippen molar-refractivity contribution in [3.05, 3.63) is 0 Å². The Bertz CT molecular complexity index is 456. The van der Waals surface area contributed by atoms with Crippen molar-refractivity contribution in [1.82, 2.24) is 10.2 Å². The Labute approximate surface area is 137 Å². The maximum absolute atomic E-state index is 12.4. The van der Waals surface area contributed by atoms with E-state index in [-0.39, 0.29) is 5.92 Å². The normalized spacial score (nSPS) is 19.6. The molecule has 2 N–H and O–H groups in total. The van der Waals surface area contributed by atoms with E-state index in [1.165, 1.54) is 4.90 Å². The molecule has 0 aliphatic carbocycles. The van der Waals surface area contributed by atoms with Crippen LogP contribution in [0, 0.1) is 5.92 Å². The predicted molar refractivity (Wildman–Crippen MR) is 85.0 cm³/mol. The van der Waals surface area contributed by atoms with Gasteiger partial charge in [-0.15, -0.1) is 0 Å². The molecule has 0 aromatic carbocycles. The molecule has 1 heterocycles. The van der Waals surface area contributed by atoms with Crippen LogP contribution in [0.5, 0.6) is 0 Å². The molecule has 1 rings (SSSR count). The van der Waals surface area contributed by atoms with Crippen molar-refractivity contribution in [3.63, 3.8) is 0 Å². The Morgan fingerprint density at radius 3 is 2.39 bits per heavy atom. The van der Waals surface area contributed by atoms with E-state index in [0.29, 0.717) is 25.8 Å². The third-order valence-corrected chi connectivity index (χ3v) is 3.51. The van der Waals surface area contributed by atoms with Gasteiger partial charge in [-0.1, -0.05) is 13.8 Å². The van der Waals surface area contributed by atoms with Gasteiger partial charge in [-0.05, 0) is 46.0 Å². The zero-order chi connectivity index (χ0) is 17.8. The molecular weight excluding hydrogens is 300 g/mol. The van der Waals surface area contributed by atoms with Gasteiger partial charge in [0.05, 0.1) is 0 Å². The smallest absolute Gasteiger partial charge is 0.410 e. The summed E-state index contributed by atoms with van der Waals surface area (Å²) in [6.45, 7) is 9.52. The first-order valence-corrected chi connectivity index (χ1v) is 8.04. The minimum absolute atomic E-state index is 0.141. The van der Waals surface area contributed by atoms with Gasteiger partial charge >= 0.3 is 12.1 Å². The lowest BCUT2D eigenvalue weighted by atomic mass is 10.0. The van der Waals surface area contributed by atoms with Gasteiger partial charge in [0, 0.05) is 6.54 Å². The second kappa shape index (κ2) is 7.66. The summed E-state index contributed by atoms with van der Waals surface area (Å²) < 4.78 is 5.31. The first-order valence-electron chi connectivity index (χ1n) is 8.04. The largest absolute Gasteiger partial charge is 0.480 e. The molecule has 0 aromatic rings. The number of rotatable bonds is 5. The van der Waals surface area contributed by atoms with Gasteiger partial charge in [-0.2, -0.15) is 0 Å². The topological polar surface area (TPSA) is 95.9 Å². The monoisotopic (exact) mass is 328 g/mol. The van der Waals surface area contributed by atoms with E-state index in [1.807, 2.05) is 13.8 Å². The summed E-state index contributed by atoms with van der Waals surface area (Å²) in [6.07, 6.45) is 1.02. The summed E-state index contributed by atoms with van der Waals surface area (Å²) in [6, 6.07) is -1.61. The quantitative estimate of drug-likeness (QED) is 0.805. The van der Waals surface area contributed by atoms with Crippen LogP contribution >= 0.6 is 0 Å². The second-order valence-corrected chi connectivity index (χ2v) is 7.36. The summed E-state index contributed by atoms with van der Waals surface area (Å²) >= 11 is 0. The molecule has 0 bridgehead atoms. The van der Waals surface area contributed by atoms with Crippen LogP contribution < -0.4 is 5.32 Å². The van der Waals surface area contributed by atoms with Crippen LogP contribution in [-0.2, 0) is 14.3 Å². The van der Waals surface area contributed by atoms with E-state index in [2.05, 4.69) is 5.32 Å². The highest BCUT2D eigenvalue weighted by Crippen LogP contribution is 2.21. The third-order valence-electron chi connectivity index (χ3n) is 3.51. The van der Waals surface area contributed by atoms with E-state index in [1.54, 1.807) is 20.8 Å². The number of amides is 2. The van der Waals surface area contributed by atoms with E-state index >= 15 is 0 Å². The highest BCUT2D eigenvalue weighted by molar-refractivity contribution is 5.89. The molecule has 23 heavy (non-hydrogen) atoms. The van der Waals surface area contributed by atoms with Crippen LogP contribution in [0.1, 0.15) is 53.9 Å². The van der Waals surface area contributed by atoms with Crippen LogP contribution in [0.4, 0.5) is 4.79 Å². The summed E-state index contributed by atoms with van der Waals surface area (Å²) in [7, 11) is 0. The standard InChI is InChI=1S/C16H28N2O5/c1-10(2)9-11(14(20)21)17-13(19)12-7-6-8-18(12)15(22)23-16(3,4)5/h10-12H,6-9H2,1-5H3,(H,17,19)(H,20,21). The molecule has 0 spiro atoms. The Kier molecular flexibility index (Phi) is 6.41. The van der Waals surface area contributed by atoms with E-state index < -0.39 is 35.7 Å². The lowest BCUT2D eigenvalue weighted by Gasteiger charge is -2.28. The first kappa shape index (κ1) is 19.3. The van der Waals surface area contributed by atoms with Gasteiger partial charge in [-0.25, -0.2) is 9.59 Å². The number of nitrogens with one attached hydrogen (secondary N) is 1. The Morgan fingerprint density at radius 1 is 1.30 bits per heavy atom. The molecule has 0 saturated carbocycles. The number of ether oxygens (including phenoxy) is 1. The average Bonchev–Trinajstić information content (AvgIpc) is 2.84. The van der Waals surface area contributed by atoms with Gasteiger partial charge in [0.1, 0.15) is 17.7 Å². The van der Waals surface area contributed by atoms with E-state index in [0.717, 1.165) is 0 Å². The molecule has 0 aromatic heterocycles. The van der Waals surface area contributed by atoms with Crippen molar-refractivity contribution in [2.24, 2.45) is 5.92 Å². The molecule has 0 radical (unpaired) electrons. The number of carboxylic acids is 1. The molecule has 1 fully saturated rings. The van der Waals surface area contributed by atoms with Crippen molar-refractivity contribution >= 4 is 18.0 Å². The fraction of sp³-hybridized carbons (Fsp3) is 0.812. The molecule has 132 valence electrons. The van der Waals surface area contributed by atoms with Crippen LogP contribution in [0.2, 0.25) is 0 Å². The summed E-state index contributed by atoms with van der Waals surface area (Å²) in [5.41, 5.74) is -0.637. The van der Waals surface area contributed by atoms with Gasteiger partial charge in [0.2, 0.25) is 5.91 Å². The van der Waals surface area contributed by atoms with Gasteiger partial charge in [0.25, 0.3) is 0 Å². The maximum atomic E-state index is 12.4. The summed E-state index contributed by atoms with van der Waals surface area (Å²) in [5.74, 6) is -1.35. The van der Waals surface area contributed by atoms with Crippen LogP contribution in [-0.4, -0.2) is 52.2 Å². The summed E-state index contributed by atoms with van der Waals surface area (Å²) in [4.78, 5) is 37.2. The fourth-order valence-electron chi connectivity index (χ4n) is 2.54. The molecule has 2 atom stereocenters. The Hall–Kier alpha value is -1.79. The highest BCUT2D eigenvalue weighted by Gasteiger charge is 2.37. The number of carbonyl (C=O) groups excluding carboxylic acids is 2. The fourth-order valence-corrected chi connectivity index (χ4v) is 2.54. The third kappa shape index (κ3) is 6.08. The molecule has 1 saturated heterocycles. The Morgan fingerprint density at radius 2 is 1.91 bits per heavy atom. The van der Waals surface area contributed by atoms with Gasteiger partial charge in [0.15, 0.2) is 0 Å².